The first-order valence-electron chi connectivity index (χ1n) is 8.70. The van der Waals surface area contributed by atoms with Gasteiger partial charge in [0.1, 0.15) is 17.2 Å². The van der Waals surface area contributed by atoms with Crippen LogP contribution in [0.2, 0.25) is 5.02 Å². The first-order valence-corrected chi connectivity index (χ1v) is 9.07. The number of nitrogens with zero attached hydrogens (tertiary/aromatic N) is 4. The Kier molecular flexibility index (Phi) is 5.10. The third-order valence-electron chi connectivity index (χ3n) is 4.33. The molecule has 0 aliphatic carbocycles. The Hall–Kier alpha value is -3.13. The van der Waals surface area contributed by atoms with Crippen molar-refractivity contribution in [3.05, 3.63) is 83.0 Å². The SMILES string of the molecule is FC(F)(F)c1ccc(CNc2ccc(Cn3ccc4cc(Cl)cnc43)cn2)cn1. The summed E-state index contributed by atoms with van der Waals surface area (Å²) in [6.07, 6.45) is 2.07. The van der Waals surface area contributed by atoms with Gasteiger partial charge in [-0.1, -0.05) is 23.7 Å². The van der Waals surface area contributed by atoms with Crippen molar-refractivity contribution in [2.45, 2.75) is 19.3 Å². The van der Waals surface area contributed by atoms with Gasteiger partial charge < -0.3 is 9.88 Å². The van der Waals surface area contributed by atoms with Gasteiger partial charge in [0, 0.05) is 36.7 Å². The maximum Gasteiger partial charge on any atom is 0.433 e. The van der Waals surface area contributed by atoms with Crippen LogP contribution in [-0.2, 0) is 19.3 Å². The summed E-state index contributed by atoms with van der Waals surface area (Å²) in [6, 6.07) is 9.94. The molecule has 0 saturated heterocycles. The summed E-state index contributed by atoms with van der Waals surface area (Å²) in [5.41, 5.74) is 1.55. The number of halogens is 4. The molecule has 0 aliphatic heterocycles. The van der Waals surface area contributed by atoms with Crippen LogP contribution in [0.25, 0.3) is 11.0 Å². The number of pyridine rings is 3. The first kappa shape index (κ1) is 19.2. The van der Waals surface area contributed by atoms with E-state index in [-0.39, 0.29) is 0 Å². The van der Waals surface area contributed by atoms with E-state index in [4.69, 9.17) is 11.6 Å². The van der Waals surface area contributed by atoms with Crippen molar-refractivity contribution in [1.82, 2.24) is 19.5 Å². The fraction of sp³-hybridized carbons (Fsp3) is 0.150. The summed E-state index contributed by atoms with van der Waals surface area (Å²) in [7, 11) is 0. The Balaban J connectivity index is 1.39. The molecule has 0 aromatic carbocycles. The predicted octanol–water partition coefficient (Wildman–Crippen LogP) is 5.16. The molecule has 1 N–H and O–H groups in total. The summed E-state index contributed by atoms with van der Waals surface area (Å²) in [5.74, 6) is 0.621. The maximum absolute atomic E-state index is 12.5. The van der Waals surface area contributed by atoms with E-state index >= 15 is 0 Å². The fourth-order valence-electron chi connectivity index (χ4n) is 2.89. The van der Waals surface area contributed by atoms with Crippen molar-refractivity contribution >= 4 is 28.5 Å². The molecule has 29 heavy (non-hydrogen) atoms. The molecule has 9 heteroatoms. The summed E-state index contributed by atoms with van der Waals surface area (Å²) in [6.45, 7) is 0.929. The summed E-state index contributed by atoms with van der Waals surface area (Å²) >= 11 is 5.96. The summed E-state index contributed by atoms with van der Waals surface area (Å²) in [4.78, 5) is 12.2. The lowest BCUT2D eigenvalue weighted by Crippen LogP contribution is -2.09. The number of hydrogen-bond acceptors (Lipinski definition) is 4. The normalized spacial score (nSPS) is 11.7. The van der Waals surface area contributed by atoms with Gasteiger partial charge >= 0.3 is 6.18 Å². The number of fused-ring (bicyclic) bond motifs is 1. The molecule has 4 heterocycles. The van der Waals surface area contributed by atoms with Gasteiger partial charge in [-0.25, -0.2) is 9.97 Å². The van der Waals surface area contributed by atoms with Crippen molar-refractivity contribution in [2.24, 2.45) is 0 Å². The number of hydrogen-bond donors (Lipinski definition) is 1. The van der Waals surface area contributed by atoms with E-state index in [0.717, 1.165) is 22.7 Å². The zero-order valence-corrected chi connectivity index (χ0v) is 15.7. The van der Waals surface area contributed by atoms with Crippen LogP contribution in [0.15, 0.2) is 61.2 Å². The Morgan fingerprint density at radius 2 is 1.72 bits per heavy atom. The van der Waals surface area contributed by atoms with Crippen molar-refractivity contribution in [3.63, 3.8) is 0 Å². The Labute approximate surface area is 169 Å². The minimum atomic E-state index is -4.43. The molecule has 0 bridgehead atoms. The first-order chi connectivity index (χ1) is 13.9. The van der Waals surface area contributed by atoms with Crippen LogP contribution in [0, 0.1) is 0 Å². The molecular weight excluding hydrogens is 403 g/mol. The minimum Gasteiger partial charge on any atom is -0.366 e. The molecule has 0 fully saturated rings. The lowest BCUT2D eigenvalue weighted by Gasteiger charge is -2.09. The molecule has 4 aromatic rings. The van der Waals surface area contributed by atoms with E-state index in [1.165, 1.54) is 12.3 Å². The molecule has 5 nitrogen and oxygen atoms in total. The van der Waals surface area contributed by atoms with Crippen LogP contribution in [-0.4, -0.2) is 19.5 Å². The van der Waals surface area contributed by atoms with Crippen LogP contribution in [0.1, 0.15) is 16.8 Å². The monoisotopic (exact) mass is 417 g/mol. The van der Waals surface area contributed by atoms with E-state index in [2.05, 4.69) is 20.3 Å². The van der Waals surface area contributed by atoms with Gasteiger partial charge in [-0.05, 0) is 35.4 Å². The average Bonchev–Trinajstić information content (AvgIpc) is 3.09. The van der Waals surface area contributed by atoms with Crippen molar-refractivity contribution in [1.29, 1.82) is 0 Å². The number of anilines is 1. The van der Waals surface area contributed by atoms with E-state index in [9.17, 15) is 13.2 Å². The molecule has 4 rings (SSSR count). The molecule has 0 atom stereocenters. The zero-order valence-electron chi connectivity index (χ0n) is 15.0. The van der Waals surface area contributed by atoms with E-state index in [0.29, 0.717) is 29.5 Å². The van der Waals surface area contributed by atoms with Gasteiger partial charge in [-0.15, -0.1) is 0 Å². The molecule has 4 aromatic heterocycles. The van der Waals surface area contributed by atoms with Crippen LogP contribution in [0.3, 0.4) is 0 Å². The second kappa shape index (κ2) is 7.71. The molecular formula is C20H15ClF3N5. The third kappa shape index (κ3) is 4.48. The van der Waals surface area contributed by atoms with Crippen molar-refractivity contribution in [3.8, 4) is 0 Å². The summed E-state index contributed by atoms with van der Waals surface area (Å²) < 4.78 is 39.6. The number of alkyl halides is 3. The zero-order chi connectivity index (χ0) is 20.4. The van der Waals surface area contributed by atoms with Gasteiger partial charge in [-0.2, -0.15) is 13.2 Å². The van der Waals surface area contributed by atoms with Crippen LogP contribution in [0.4, 0.5) is 19.0 Å². The smallest absolute Gasteiger partial charge is 0.366 e. The standard InChI is InChI=1S/C20H15ClF3N5/c21-16-7-15-5-6-29(19(15)28-11-16)12-14-2-4-18(27-10-14)26-9-13-1-3-17(25-8-13)20(22,23)24/h1-8,10-11H,9,12H2,(H,26,27). The maximum atomic E-state index is 12.5. The van der Waals surface area contributed by atoms with E-state index in [1.807, 2.05) is 35.0 Å². The highest BCUT2D eigenvalue weighted by molar-refractivity contribution is 6.31. The summed E-state index contributed by atoms with van der Waals surface area (Å²) in [5, 5.41) is 4.63. The number of nitrogens with one attached hydrogen (secondary N) is 1. The lowest BCUT2D eigenvalue weighted by atomic mass is 10.2. The molecule has 0 radical (unpaired) electrons. The van der Waals surface area contributed by atoms with Crippen LogP contribution >= 0.6 is 11.6 Å². The van der Waals surface area contributed by atoms with Gasteiger partial charge in [0.05, 0.1) is 11.6 Å². The molecule has 0 saturated carbocycles. The molecule has 0 aliphatic rings. The van der Waals surface area contributed by atoms with Crippen molar-refractivity contribution in [2.75, 3.05) is 5.32 Å². The Bertz CT molecular complexity index is 1120. The third-order valence-corrected chi connectivity index (χ3v) is 4.54. The van der Waals surface area contributed by atoms with Crippen LogP contribution in [0.5, 0.6) is 0 Å². The predicted molar refractivity (Wildman–Crippen MR) is 105 cm³/mol. The Morgan fingerprint density at radius 3 is 2.41 bits per heavy atom. The number of aromatic nitrogens is 4. The molecule has 148 valence electrons. The second-order valence-electron chi connectivity index (χ2n) is 6.46. The molecule has 0 amide bonds. The Morgan fingerprint density at radius 1 is 0.931 bits per heavy atom. The topological polar surface area (TPSA) is 55.6 Å². The van der Waals surface area contributed by atoms with Gasteiger partial charge in [0.15, 0.2) is 0 Å². The molecule has 0 unspecified atom stereocenters. The van der Waals surface area contributed by atoms with Gasteiger partial charge in [0.25, 0.3) is 0 Å². The largest absolute Gasteiger partial charge is 0.433 e. The lowest BCUT2D eigenvalue weighted by molar-refractivity contribution is -0.141. The van der Waals surface area contributed by atoms with E-state index in [1.54, 1.807) is 12.4 Å². The van der Waals surface area contributed by atoms with Gasteiger partial charge in [0.2, 0.25) is 0 Å². The quantitative estimate of drug-likeness (QED) is 0.487. The highest BCUT2D eigenvalue weighted by Gasteiger charge is 2.31. The molecule has 0 spiro atoms. The van der Waals surface area contributed by atoms with Gasteiger partial charge in [-0.3, -0.25) is 4.98 Å². The second-order valence-corrected chi connectivity index (χ2v) is 6.90. The average molecular weight is 418 g/mol. The highest BCUT2D eigenvalue weighted by Crippen LogP contribution is 2.27. The minimum absolute atomic E-state index is 0.324. The van der Waals surface area contributed by atoms with E-state index < -0.39 is 11.9 Å². The highest BCUT2D eigenvalue weighted by atomic mass is 35.5. The number of rotatable bonds is 5. The fourth-order valence-corrected chi connectivity index (χ4v) is 3.05. The van der Waals surface area contributed by atoms with Crippen molar-refractivity contribution < 1.29 is 13.2 Å². The van der Waals surface area contributed by atoms with Crippen LogP contribution < -0.4 is 5.32 Å².